The molecule has 0 aliphatic carbocycles. The topological polar surface area (TPSA) is 96.1 Å². The summed E-state index contributed by atoms with van der Waals surface area (Å²) in [6, 6.07) is 1.06. The fraction of sp³-hybridized carbons (Fsp3) is 0.308. The Labute approximate surface area is 113 Å². The van der Waals surface area contributed by atoms with E-state index in [9.17, 15) is 9.59 Å². The fourth-order valence-corrected chi connectivity index (χ4v) is 2.41. The minimum atomic E-state index is -0.796. The second kappa shape index (κ2) is 3.96. The highest BCUT2D eigenvalue weighted by Crippen LogP contribution is 2.28. The Morgan fingerprint density at radius 1 is 1.50 bits per heavy atom. The van der Waals surface area contributed by atoms with Crippen molar-refractivity contribution < 1.29 is 9.21 Å². The summed E-state index contributed by atoms with van der Waals surface area (Å²) >= 11 is 0. The van der Waals surface area contributed by atoms with Crippen molar-refractivity contribution in [3.05, 3.63) is 28.4 Å². The van der Waals surface area contributed by atoms with E-state index >= 15 is 0 Å². The maximum atomic E-state index is 12.5. The zero-order valence-electron chi connectivity index (χ0n) is 11.4. The van der Waals surface area contributed by atoms with Gasteiger partial charge in [0.1, 0.15) is 17.3 Å². The number of aryl methyl sites for hydroxylation is 2. The average molecular weight is 274 g/mol. The van der Waals surface area contributed by atoms with Crippen molar-refractivity contribution in [1.82, 2.24) is 14.3 Å². The van der Waals surface area contributed by atoms with Gasteiger partial charge in [0, 0.05) is 13.1 Å². The predicted molar refractivity (Wildman–Crippen MR) is 73.4 cm³/mol. The molecule has 7 heteroatoms. The Bertz CT molecular complexity index is 900. The lowest BCUT2D eigenvalue weighted by molar-refractivity contribution is -0.121. The highest BCUT2D eigenvalue weighted by atomic mass is 16.3. The molecular formula is C13H14N4O3. The van der Waals surface area contributed by atoms with Gasteiger partial charge in [0.25, 0.3) is 5.56 Å². The normalized spacial score (nSPS) is 13.2. The van der Waals surface area contributed by atoms with Crippen LogP contribution in [0, 0.1) is 6.92 Å². The monoisotopic (exact) mass is 274 g/mol. The van der Waals surface area contributed by atoms with E-state index in [0.29, 0.717) is 16.5 Å². The summed E-state index contributed by atoms with van der Waals surface area (Å²) in [4.78, 5) is 23.7. The van der Waals surface area contributed by atoms with E-state index in [1.54, 1.807) is 18.5 Å². The van der Waals surface area contributed by atoms with Crippen LogP contribution in [0.2, 0.25) is 0 Å². The fourth-order valence-electron chi connectivity index (χ4n) is 2.41. The van der Waals surface area contributed by atoms with Gasteiger partial charge in [-0.3, -0.25) is 9.59 Å². The number of hydrogen-bond acceptors (Lipinski definition) is 4. The third kappa shape index (κ3) is 1.49. The molecule has 0 spiro atoms. The van der Waals surface area contributed by atoms with Crippen LogP contribution in [0.4, 0.5) is 0 Å². The number of hydrogen-bond donors (Lipinski definition) is 1. The highest BCUT2D eigenvalue weighted by Gasteiger charge is 2.20. The molecule has 1 amide bonds. The Kier molecular flexibility index (Phi) is 2.47. The van der Waals surface area contributed by atoms with Crippen molar-refractivity contribution in [2.24, 2.45) is 12.8 Å². The molecule has 0 bridgehead atoms. The Balaban J connectivity index is 2.42. The molecule has 0 saturated carbocycles. The molecule has 0 aliphatic rings. The van der Waals surface area contributed by atoms with Crippen molar-refractivity contribution >= 4 is 27.9 Å². The summed E-state index contributed by atoms with van der Waals surface area (Å²) < 4.78 is 8.44. The summed E-state index contributed by atoms with van der Waals surface area (Å²) in [6.45, 7) is 3.38. The number of furan rings is 1. The largest absolute Gasteiger partial charge is 0.459 e. The molecule has 0 aromatic carbocycles. The van der Waals surface area contributed by atoms with Crippen LogP contribution in [0.5, 0.6) is 0 Å². The molecule has 3 aromatic heterocycles. The molecule has 0 saturated heterocycles. The van der Waals surface area contributed by atoms with Crippen LogP contribution in [0.15, 0.2) is 21.5 Å². The third-order valence-corrected chi connectivity index (χ3v) is 3.53. The number of carbonyl (C=O) groups excluding carboxylic acids is 1. The standard InChI is InChI=1S/C13H14N4O3/c1-6-4-9-11(20-6)8-5-15-17(7(2)12(14)18)13(19)10(8)16(9)3/h4-5,7H,1-3H3,(H2,14,18)/t7-/m1/s1. The van der Waals surface area contributed by atoms with Crippen LogP contribution in [-0.4, -0.2) is 20.3 Å². The molecule has 0 unspecified atom stereocenters. The van der Waals surface area contributed by atoms with Gasteiger partial charge in [0.15, 0.2) is 5.58 Å². The number of nitrogens with two attached hydrogens (primary N) is 1. The molecule has 3 heterocycles. The minimum absolute atomic E-state index is 0.361. The van der Waals surface area contributed by atoms with E-state index in [0.717, 1.165) is 16.0 Å². The molecule has 3 rings (SSSR count). The van der Waals surface area contributed by atoms with Crippen molar-refractivity contribution in [2.75, 3.05) is 0 Å². The number of nitrogens with zero attached hydrogens (tertiary/aromatic N) is 3. The van der Waals surface area contributed by atoms with Crippen LogP contribution < -0.4 is 11.3 Å². The highest BCUT2D eigenvalue weighted by molar-refractivity contribution is 6.04. The summed E-state index contributed by atoms with van der Waals surface area (Å²) in [5.74, 6) is 0.162. The summed E-state index contributed by atoms with van der Waals surface area (Å²) in [5.41, 5.74) is 6.76. The molecule has 2 N–H and O–H groups in total. The van der Waals surface area contributed by atoms with E-state index in [1.165, 1.54) is 6.20 Å². The van der Waals surface area contributed by atoms with Crippen molar-refractivity contribution in [2.45, 2.75) is 19.9 Å². The van der Waals surface area contributed by atoms with Crippen LogP contribution in [0.3, 0.4) is 0 Å². The number of fused-ring (bicyclic) bond motifs is 3. The van der Waals surface area contributed by atoms with Gasteiger partial charge in [-0.1, -0.05) is 0 Å². The molecule has 0 fully saturated rings. The SMILES string of the molecule is Cc1cc2c(o1)c1cnn([C@H](C)C(N)=O)c(=O)c1n2C. The molecule has 3 aromatic rings. The first-order valence-corrected chi connectivity index (χ1v) is 6.17. The summed E-state index contributed by atoms with van der Waals surface area (Å²) in [6.07, 6.45) is 1.53. The molecule has 7 nitrogen and oxygen atoms in total. The van der Waals surface area contributed by atoms with Crippen LogP contribution >= 0.6 is 0 Å². The van der Waals surface area contributed by atoms with E-state index in [1.807, 2.05) is 13.0 Å². The van der Waals surface area contributed by atoms with Gasteiger partial charge in [0.05, 0.1) is 17.1 Å². The van der Waals surface area contributed by atoms with Gasteiger partial charge in [-0.05, 0) is 13.8 Å². The lowest BCUT2D eigenvalue weighted by Gasteiger charge is -2.09. The van der Waals surface area contributed by atoms with Gasteiger partial charge in [0.2, 0.25) is 5.91 Å². The molecule has 1 atom stereocenters. The lowest BCUT2D eigenvalue weighted by Crippen LogP contribution is -2.34. The number of primary amides is 1. The summed E-state index contributed by atoms with van der Waals surface area (Å²) in [5, 5.41) is 4.66. The number of carbonyl (C=O) groups is 1. The van der Waals surface area contributed by atoms with E-state index in [2.05, 4.69) is 5.10 Å². The summed E-state index contributed by atoms with van der Waals surface area (Å²) in [7, 11) is 1.78. The first kappa shape index (κ1) is 12.5. The van der Waals surface area contributed by atoms with Crippen LogP contribution in [-0.2, 0) is 11.8 Å². The molecule has 0 aliphatic heterocycles. The van der Waals surface area contributed by atoms with Gasteiger partial charge in [-0.25, -0.2) is 4.68 Å². The quantitative estimate of drug-likeness (QED) is 0.748. The Morgan fingerprint density at radius 2 is 2.20 bits per heavy atom. The van der Waals surface area contributed by atoms with Gasteiger partial charge < -0.3 is 14.7 Å². The first-order valence-electron chi connectivity index (χ1n) is 6.17. The molecule has 20 heavy (non-hydrogen) atoms. The second-order valence-corrected chi connectivity index (χ2v) is 4.87. The zero-order chi connectivity index (χ0) is 14.6. The van der Waals surface area contributed by atoms with E-state index < -0.39 is 11.9 Å². The van der Waals surface area contributed by atoms with Crippen LogP contribution in [0.25, 0.3) is 22.0 Å². The maximum Gasteiger partial charge on any atom is 0.292 e. The smallest absolute Gasteiger partial charge is 0.292 e. The predicted octanol–water partition coefficient (Wildman–Crippen LogP) is 0.836. The minimum Gasteiger partial charge on any atom is -0.459 e. The number of rotatable bonds is 2. The maximum absolute atomic E-state index is 12.5. The third-order valence-electron chi connectivity index (χ3n) is 3.53. The zero-order valence-corrected chi connectivity index (χ0v) is 11.4. The molecular weight excluding hydrogens is 260 g/mol. The Morgan fingerprint density at radius 3 is 2.85 bits per heavy atom. The van der Waals surface area contributed by atoms with Gasteiger partial charge in [-0.15, -0.1) is 0 Å². The average Bonchev–Trinajstić information content (AvgIpc) is 2.88. The molecule has 0 radical (unpaired) electrons. The van der Waals surface area contributed by atoms with Crippen molar-refractivity contribution in [3.63, 3.8) is 0 Å². The van der Waals surface area contributed by atoms with Gasteiger partial charge in [-0.2, -0.15) is 5.10 Å². The van der Waals surface area contributed by atoms with E-state index in [4.69, 9.17) is 10.2 Å². The first-order chi connectivity index (χ1) is 9.41. The lowest BCUT2D eigenvalue weighted by atomic mass is 10.3. The molecule has 104 valence electrons. The number of aromatic nitrogens is 3. The van der Waals surface area contributed by atoms with Crippen molar-refractivity contribution in [3.8, 4) is 0 Å². The van der Waals surface area contributed by atoms with Gasteiger partial charge >= 0.3 is 0 Å². The second-order valence-electron chi connectivity index (χ2n) is 4.87. The van der Waals surface area contributed by atoms with Crippen molar-refractivity contribution in [1.29, 1.82) is 0 Å². The Hall–Kier alpha value is -2.57. The van der Waals surface area contributed by atoms with E-state index in [-0.39, 0.29) is 5.56 Å². The number of amides is 1. The van der Waals surface area contributed by atoms with Crippen LogP contribution in [0.1, 0.15) is 18.7 Å².